The summed E-state index contributed by atoms with van der Waals surface area (Å²) in [7, 11) is 0. The smallest absolute Gasteiger partial charge is 0.0477 e. The van der Waals surface area contributed by atoms with E-state index in [1.165, 1.54) is 32.1 Å². The maximum Gasteiger partial charge on any atom is 0.0477 e. The Morgan fingerprint density at radius 2 is 2.21 bits per heavy atom. The average molecular weight is 197 g/mol. The van der Waals surface area contributed by atoms with Gasteiger partial charge in [-0.2, -0.15) is 0 Å². The second kappa shape index (κ2) is 5.13. The molecule has 2 aliphatic carbocycles. The number of hydrogen-bond donors (Lipinski definition) is 1. The van der Waals surface area contributed by atoms with E-state index in [1.54, 1.807) is 0 Å². The largest absolute Gasteiger partial charge is 0.382 e. The Morgan fingerprint density at radius 1 is 1.29 bits per heavy atom. The van der Waals surface area contributed by atoms with E-state index in [-0.39, 0.29) is 0 Å². The van der Waals surface area contributed by atoms with Crippen molar-refractivity contribution >= 4 is 0 Å². The van der Waals surface area contributed by atoms with Crippen LogP contribution in [0.2, 0.25) is 0 Å². The van der Waals surface area contributed by atoms with E-state index in [2.05, 4.69) is 12.2 Å². The molecule has 2 heteroatoms. The average Bonchev–Trinajstić information content (AvgIpc) is 2.79. The van der Waals surface area contributed by atoms with Crippen LogP contribution >= 0.6 is 0 Å². The summed E-state index contributed by atoms with van der Waals surface area (Å²) in [6.45, 7) is 4.98. The van der Waals surface area contributed by atoms with Crippen molar-refractivity contribution in [3.63, 3.8) is 0 Å². The minimum Gasteiger partial charge on any atom is -0.382 e. The summed E-state index contributed by atoms with van der Waals surface area (Å²) >= 11 is 0. The van der Waals surface area contributed by atoms with Gasteiger partial charge in [-0.3, -0.25) is 0 Å². The van der Waals surface area contributed by atoms with Crippen LogP contribution in [0, 0.1) is 11.8 Å². The van der Waals surface area contributed by atoms with E-state index in [0.717, 1.165) is 37.6 Å². The first-order valence-corrected chi connectivity index (χ1v) is 6.21. The van der Waals surface area contributed by atoms with Crippen molar-refractivity contribution in [3.05, 3.63) is 0 Å². The maximum absolute atomic E-state index is 5.32. The van der Waals surface area contributed by atoms with Gasteiger partial charge in [-0.25, -0.2) is 0 Å². The first-order valence-electron chi connectivity index (χ1n) is 6.21. The van der Waals surface area contributed by atoms with E-state index in [9.17, 15) is 0 Å². The van der Waals surface area contributed by atoms with Crippen molar-refractivity contribution in [2.75, 3.05) is 19.8 Å². The molecule has 82 valence electrons. The SMILES string of the molecule is CCOCCCN[C@@H]1C[C@H]2CC[C@@H]1C2. The molecule has 0 amide bonds. The molecular formula is C12H23NO. The molecule has 0 unspecified atom stereocenters. The van der Waals surface area contributed by atoms with Crippen LogP contribution in [0.1, 0.15) is 39.0 Å². The monoisotopic (exact) mass is 197 g/mol. The maximum atomic E-state index is 5.32. The first kappa shape index (κ1) is 10.4. The normalized spacial score (nSPS) is 35.4. The molecule has 2 rings (SSSR count). The molecule has 0 aromatic heterocycles. The molecule has 0 radical (unpaired) electrons. The van der Waals surface area contributed by atoms with Crippen LogP contribution in [0.25, 0.3) is 0 Å². The van der Waals surface area contributed by atoms with Crippen LogP contribution in [0.4, 0.5) is 0 Å². The van der Waals surface area contributed by atoms with Crippen molar-refractivity contribution in [1.82, 2.24) is 5.32 Å². The van der Waals surface area contributed by atoms with Crippen LogP contribution < -0.4 is 5.32 Å². The Kier molecular flexibility index (Phi) is 3.82. The van der Waals surface area contributed by atoms with Crippen molar-refractivity contribution in [2.24, 2.45) is 11.8 Å². The number of ether oxygens (including phenoxy) is 1. The molecule has 2 fully saturated rings. The van der Waals surface area contributed by atoms with Crippen molar-refractivity contribution < 1.29 is 4.74 Å². The van der Waals surface area contributed by atoms with Gasteiger partial charge in [0.25, 0.3) is 0 Å². The third-order valence-corrected chi connectivity index (χ3v) is 3.81. The van der Waals surface area contributed by atoms with Crippen LogP contribution in [0.3, 0.4) is 0 Å². The molecule has 0 heterocycles. The highest BCUT2D eigenvalue weighted by molar-refractivity contribution is 4.93. The number of nitrogens with one attached hydrogen (secondary N) is 1. The number of fused-ring (bicyclic) bond motifs is 2. The molecular weight excluding hydrogens is 174 g/mol. The van der Waals surface area contributed by atoms with Crippen molar-refractivity contribution in [1.29, 1.82) is 0 Å². The standard InChI is InChI=1S/C12H23NO/c1-2-14-7-3-6-13-12-9-10-4-5-11(12)8-10/h10-13H,2-9H2,1H3/t10-,11+,12+/m0/s1. The molecule has 14 heavy (non-hydrogen) atoms. The van der Waals surface area contributed by atoms with Gasteiger partial charge in [-0.15, -0.1) is 0 Å². The molecule has 0 spiro atoms. The van der Waals surface area contributed by atoms with E-state index >= 15 is 0 Å². The molecule has 0 saturated heterocycles. The quantitative estimate of drug-likeness (QED) is 0.659. The zero-order valence-electron chi connectivity index (χ0n) is 9.30. The lowest BCUT2D eigenvalue weighted by Crippen LogP contribution is -2.34. The highest BCUT2D eigenvalue weighted by Gasteiger charge is 2.38. The second-order valence-corrected chi connectivity index (χ2v) is 4.79. The van der Waals surface area contributed by atoms with Crippen LogP contribution in [-0.4, -0.2) is 25.8 Å². The summed E-state index contributed by atoms with van der Waals surface area (Å²) in [5, 5.41) is 3.69. The Hall–Kier alpha value is -0.0800. The van der Waals surface area contributed by atoms with Gasteiger partial charge in [0.1, 0.15) is 0 Å². The van der Waals surface area contributed by atoms with Gasteiger partial charge in [0.05, 0.1) is 0 Å². The summed E-state index contributed by atoms with van der Waals surface area (Å²) in [4.78, 5) is 0. The number of rotatable bonds is 6. The Balaban J connectivity index is 1.54. The summed E-state index contributed by atoms with van der Waals surface area (Å²) in [6.07, 6.45) is 7.10. The Bertz CT molecular complexity index is 172. The molecule has 0 aliphatic heterocycles. The Labute approximate surface area is 87.4 Å². The lowest BCUT2D eigenvalue weighted by Gasteiger charge is -2.22. The lowest BCUT2D eigenvalue weighted by molar-refractivity contribution is 0.143. The summed E-state index contributed by atoms with van der Waals surface area (Å²) < 4.78 is 5.32. The fourth-order valence-electron chi connectivity index (χ4n) is 3.10. The topological polar surface area (TPSA) is 21.3 Å². The van der Waals surface area contributed by atoms with E-state index in [1.807, 2.05) is 0 Å². The second-order valence-electron chi connectivity index (χ2n) is 4.79. The fourth-order valence-corrected chi connectivity index (χ4v) is 3.10. The van der Waals surface area contributed by atoms with E-state index in [4.69, 9.17) is 4.74 Å². The molecule has 0 aromatic rings. The van der Waals surface area contributed by atoms with Crippen LogP contribution in [0.5, 0.6) is 0 Å². The summed E-state index contributed by atoms with van der Waals surface area (Å²) in [5.74, 6) is 2.07. The van der Waals surface area contributed by atoms with Crippen molar-refractivity contribution in [2.45, 2.75) is 45.1 Å². The van der Waals surface area contributed by atoms with E-state index < -0.39 is 0 Å². The van der Waals surface area contributed by atoms with E-state index in [0.29, 0.717) is 0 Å². The highest BCUT2D eigenvalue weighted by atomic mass is 16.5. The molecule has 0 aromatic carbocycles. The first-order chi connectivity index (χ1) is 6.90. The molecule has 2 saturated carbocycles. The number of hydrogen-bond acceptors (Lipinski definition) is 2. The van der Waals surface area contributed by atoms with Gasteiger partial charge < -0.3 is 10.1 Å². The predicted molar refractivity (Wildman–Crippen MR) is 58.3 cm³/mol. The molecule has 2 aliphatic rings. The molecule has 3 atom stereocenters. The minimum absolute atomic E-state index is 0.843. The molecule has 1 N–H and O–H groups in total. The zero-order valence-corrected chi connectivity index (χ0v) is 9.30. The van der Waals surface area contributed by atoms with Gasteiger partial charge in [0.15, 0.2) is 0 Å². The predicted octanol–water partition coefficient (Wildman–Crippen LogP) is 2.19. The van der Waals surface area contributed by atoms with Crippen LogP contribution in [0.15, 0.2) is 0 Å². The van der Waals surface area contributed by atoms with Crippen LogP contribution in [-0.2, 0) is 4.74 Å². The minimum atomic E-state index is 0.843. The lowest BCUT2D eigenvalue weighted by atomic mass is 9.95. The van der Waals surface area contributed by atoms with Gasteiger partial charge in [0.2, 0.25) is 0 Å². The van der Waals surface area contributed by atoms with Gasteiger partial charge in [0, 0.05) is 19.3 Å². The summed E-state index contributed by atoms with van der Waals surface area (Å²) in [6, 6.07) is 0.843. The summed E-state index contributed by atoms with van der Waals surface area (Å²) in [5.41, 5.74) is 0. The molecule has 2 nitrogen and oxygen atoms in total. The third-order valence-electron chi connectivity index (χ3n) is 3.81. The van der Waals surface area contributed by atoms with Gasteiger partial charge >= 0.3 is 0 Å². The molecule has 2 bridgehead atoms. The third kappa shape index (κ3) is 2.48. The van der Waals surface area contributed by atoms with Gasteiger partial charge in [-0.05, 0) is 51.0 Å². The Morgan fingerprint density at radius 3 is 2.86 bits per heavy atom. The van der Waals surface area contributed by atoms with Crippen molar-refractivity contribution in [3.8, 4) is 0 Å². The van der Waals surface area contributed by atoms with Gasteiger partial charge in [-0.1, -0.05) is 6.42 Å². The highest BCUT2D eigenvalue weighted by Crippen LogP contribution is 2.44. The zero-order chi connectivity index (χ0) is 9.80. The fraction of sp³-hybridized carbons (Fsp3) is 1.00.